The third-order valence-corrected chi connectivity index (χ3v) is 3.41. The number of rotatable bonds is 6. The quantitative estimate of drug-likeness (QED) is 0.827. The molecule has 2 unspecified atom stereocenters. The van der Waals surface area contributed by atoms with Gasteiger partial charge in [-0.1, -0.05) is 19.9 Å². The van der Waals surface area contributed by atoms with Crippen molar-refractivity contribution in [2.75, 3.05) is 20.8 Å². The first-order valence-corrected chi connectivity index (χ1v) is 6.06. The van der Waals surface area contributed by atoms with Crippen molar-refractivity contribution in [3.63, 3.8) is 0 Å². The maximum absolute atomic E-state index is 5.60. The zero-order chi connectivity index (χ0) is 12.8. The van der Waals surface area contributed by atoms with Gasteiger partial charge in [0.25, 0.3) is 0 Å². The Morgan fingerprint density at radius 1 is 1.12 bits per heavy atom. The highest BCUT2D eigenvalue weighted by atomic mass is 16.5. The summed E-state index contributed by atoms with van der Waals surface area (Å²) in [6.45, 7) is 5.19. The summed E-state index contributed by atoms with van der Waals surface area (Å²) in [4.78, 5) is 0. The molecule has 0 fully saturated rings. The van der Waals surface area contributed by atoms with Crippen LogP contribution in [0.15, 0.2) is 18.2 Å². The van der Waals surface area contributed by atoms with Crippen LogP contribution in [0.4, 0.5) is 0 Å². The summed E-state index contributed by atoms with van der Waals surface area (Å²) in [6.07, 6.45) is 1.04. The van der Waals surface area contributed by atoms with Gasteiger partial charge in [-0.25, -0.2) is 0 Å². The maximum atomic E-state index is 5.60. The summed E-state index contributed by atoms with van der Waals surface area (Å²) in [5, 5.41) is 0. The van der Waals surface area contributed by atoms with Gasteiger partial charge in [-0.2, -0.15) is 0 Å². The van der Waals surface area contributed by atoms with Crippen LogP contribution in [0, 0.1) is 5.92 Å². The van der Waals surface area contributed by atoms with E-state index in [1.165, 1.54) is 5.56 Å². The molecule has 0 bridgehead atoms. The van der Waals surface area contributed by atoms with E-state index in [2.05, 4.69) is 26.0 Å². The zero-order valence-electron chi connectivity index (χ0n) is 11.2. The van der Waals surface area contributed by atoms with Gasteiger partial charge in [0.05, 0.1) is 14.2 Å². The number of hydrogen-bond acceptors (Lipinski definition) is 3. The first kappa shape index (κ1) is 13.8. The highest BCUT2D eigenvalue weighted by Gasteiger charge is 2.15. The Balaban J connectivity index is 2.91. The molecule has 0 saturated carbocycles. The second kappa shape index (κ2) is 6.50. The van der Waals surface area contributed by atoms with E-state index < -0.39 is 0 Å². The molecule has 0 aliphatic carbocycles. The average molecular weight is 237 g/mol. The van der Waals surface area contributed by atoms with Gasteiger partial charge in [0.2, 0.25) is 0 Å². The Labute approximate surface area is 104 Å². The molecule has 0 heterocycles. The SMILES string of the molecule is COc1ccc(C(C)C(C)CCN)cc1OC. The van der Waals surface area contributed by atoms with Gasteiger partial charge < -0.3 is 15.2 Å². The molecule has 0 radical (unpaired) electrons. The first-order valence-electron chi connectivity index (χ1n) is 6.06. The molecular formula is C14H23NO2. The molecular weight excluding hydrogens is 214 g/mol. The summed E-state index contributed by atoms with van der Waals surface area (Å²) in [6, 6.07) is 6.11. The van der Waals surface area contributed by atoms with Crippen LogP contribution >= 0.6 is 0 Å². The molecule has 0 amide bonds. The number of hydrogen-bond donors (Lipinski definition) is 1. The van der Waals surface area contributed by atoms with Crippen molar-refractivity contribution >= 4 is 0 Å². The fourth-order valence-electron chi connectivity index (χ4n) is 1.98. The van der Waals surface area contributed by atoms with Gasteiger partial charge in [-0.15, -0.1) is 0 Å². The summed E-state index contributed by atoms with van der Waals surface area (Å²) in [5.41, 5.74) is 6.87. The van der Waals surface area contributed by atoms with Crippen LogP contribution in [-0.4, -0.2) is 20.8 Å². The monoisotopic (exact) mass is 237 g/mol. The standard InChI is InChI=1S/C14H23NO2/c1-10(7-8-15)11(2)12-5-6-13(16-3)14(9-12)17-4/h5-6,9-11H,7-8,15H2,1-4H3. The van der Waals surface area contributed by atoms with E-state index in [1.54, 1.807) is 14.2 Å². The van der Waals surface area contributed by atoms with Crippen molar-refractivity contribution in [1.82, 2.24) is 0 Å². The van der Waals surface area contributed by atoms with Crippen LogP contribution in [0.1, 0.15) is 31.7 Å². The smallest absolute Gasteiger partial charge is 0.160 e. The van der Waals surface area contributed by atoms with Crippen LogP contribution < -0.4 is 15.2 Å². The molecule has 1 rings (SSSR count). The molecule has 96 valence electrons. The summed E-state index contributed by atoms with van der Waals surface area (Å²) in [5.74, 6) is 2.60. The van der Waals surface area contributed by atoms with E-state index in [0.29, 0.717) is 11.8 Å². The van der Waals surface area contributed by atoms with E-state index in [0.717, 1.165) is 24.5 Å². The van der Waals surface area contributed by atoms with Gasteiger partial charge in [0.15, 0.2) is 11.5 Å². The Morgan fingerprint density at radius 2 is 1.76 bits per heavy atom. The molecule has 3 heteroatoms. The minimum Gasteiger partial charge on any atom is -0.493 e. The highest BCUT2D eigenvalue weighted by Crippen LogP contribution is 2.33. The Kier molecular flexibility index (Phi) is 5.29. The van der Waals surface area contributed by atoms with Gasteiger partial charge in [0, 0.05) is 0 Å². The minimum absolute atomic E-state index is 0.471. The molecule has 3 nitrogen and oxygen atoms in total. The van der Waals surface area contributed by atoms with Crippen LogP contribution in [0.5, 0.6) is 11.5 Å². The predicted molar refractivity (Wildman–Crippen MR) is 70.8 cm³/mol. The Morgan fingerprint density at radius 3 is 2.29 bits per heavy atom. The van der Waals surface area contributed by atoms with Crippen molar-refractivity contribution in [2.24, 2.45) is 11.7 Å². The lowest BCUT2D eigenvalue weighted by Crippen LogP contribution is -2.12. The summed E-state index contributed by atoms with van der Waals surface area (Å²) >= 11 is 0. The van der Waals surface area contributed by atoms with Gasteiger partial charge >= 0.3 is 0 Å². The molecule has 0 aliphatic rings. The second-order valence-electron chi connectivity index (χ2n) is 4.46. The van der Waals surface area contributed by atoms with Crippen molar-refractivity contribution in [1.29, 1.82) is 0 Å². The van der Waals surface area contributed by atoms with Crippen LogP contribution in [-0.2, 0) is 0 Å². The summed E-state index contributed by atoms with van der Waals surface area (Å²) < 4.78 is 10.6. The Bertz CT molecular complexity index is 352. The molecule has 1 aromatic rings. The van der Waals surface area contributed by atoms with E-state index in [1.807, 2.05) is 6.07 Å². The van der Waals surface area contributed by atoms with Crippen LogP contribution in [0.25, 0.3) is 0 Å². The lowest BCUT2D eigenvalue weighted by atomic mass is 9.86. The van der Waals surface area contributed by atoms with Gasteiger partial charge in [-0.05, 0) is 42.5 Å². The van der Waals surface area contributed by atoms with Crippen molar-refractivity contribution in [2.45, 2.75) is 26.2 Å². The Hall–Kier alpha value is -1.22. The van der Waals surface area contributed by atoms with Crippen molar-refractivity contribution in [3.05, 3.63) is 23.8 Å². The van der Waals surface area contributed by atoms with E-state index in [9.17, 15) is 0 Å². The lowest BCUT2D eigenvalue weighted by Gasteiger charge is -2.20. The molecule has 0 aromatic heterocycles. The molecule has 2 N–H and O–H groups in total. The van der Waals surface area contributed by atoms with Crippen LogP contribution in [0.2, 0.25) is 0 Å². The number of methoxy groups -OCH3 is 2. The summed E-state index contributed by atoms with van der Waals surface area (Å²) in [7, 11) is 3.31. The molecule has 0 saturated heterocycles. The third kappa shape index (κ3) is 3.37. The number of ether oxygens (including phenoxy) is 2. The average Bonchev–Trinajstić information content (AvgIpc) is 2.37. The normalized spacial score (nSPS) is 14.2. The largest absolute Gasteiger partial charge is 0.493 e. The maximum Gasteiger partial charge on any atom is 0.160 e. The van der Waals surface area contributed by atoms with E-state index >= 15 is 0 Å². The predicted octanol–water partition coefficient (Wildman–Crippen LogP) is 2.79. The van der Waals surface area contributed by atoms with E-state index in [4.69, 9.17) is 15.2 Å². The van der Waals surface area contributed by atoms with Crippen molar-refractivity contribution < 1.29 is 9.47 Å². The fraction of sp³-hybridized carbons (Fsp3) is 0.571. The molecule has 17 heavy (non-hydrogen) atoms. The number of benzene rings is 1. The molecule has 1 aromatic carbocycles. The molecule has 0 spiro atoms. The van der Waals surface area contributed by atoms with Gasteiger partial charge in [-0.3, -0.25) is 0 Å². The topological polar surface area (TPSA) is 44.5 Å². The van der Waals surface area contributed by atoms with Crippen LogP contribution in [0.3, 0.4) is 0 Å². The minimum atomic E-state index is 0.471. The first-order chi connectivity index (χ1) is 8.13. The zero-order valence-corrected chi connectivity index (χ0v) is 11.2. The van der Waals surface area contributed by atoms with E-state index in [-0.39, 0.29) is 0 Å². The lowest BCUT2D eigenvalue weighted by molar-refractivity contribution is 0.353. The second-order valence-corrected chi connectivity index (χ2v) is 4.46. The molecule has 2 atom stereocenters. The third-order valence-electron chi connectivity index (χ3n) is 3.41. The van der Waals surface area contributed by atoms with Crippen molar-refractivity contribution in [3.8, 4) is 11.5 Å². The fourth-order valence-corrected chi connectivity index (χ4v) is 1.98. The molecule has 0 aliphatic heterocycles. The van der Waals surface area contributed by atoms with Gasteiger partial charge in [0.1, 0.15) is 0 Å². The highest BCUT2D eigenvalue weighted by molar-refractivity contribution is 5.43. The number of nitrogens with two attached hydrogens (primary N) is 1.